The number of carbonyl (C=O) groups is 1. The summed E-state index contributed by atoms with van der Waals surface area (Å²) in [6, 6.07) is 14.6. The van der Waals surface area contributed by atoms with E-state index in [0.717, 1.165) is 56.3 Å². The summed E-state index contributed by atoms with van der Waals surface area (Å²) in [4.78, 5) is 19.2. The summed E-state index contributed by atoms with van der Waals surface area (Å²) in [6.45, 7) is 4.52. The average molecular weight is 432 g/mol. The Labute approximate surface area is 190 Å². The lowest BCUT2D eigenvalue weighted by Crippen LogP contribution is -2.37. The molecule has 6 nitrogen and oxygen atoms in total. The minimum absolute atomic E-state index is 0.0115. The first kappa shape index (κ1) is 22.2. The first-order chi connectivity index (χ1) is 15.7. The molecule has 32 heavy (non-hydrogen) atoms. The molecule has 1 aromatic carbocycles. The summed E-state index contributed by atoms with van der Waals surface area (Å²) in [5.74, 6) is 0.0115. The Morgan fingerprint density at radius 3 is 2.69 bits per heavy atom. The molecule has 1 aliphatic carbocycles. The van der Waals surface area contributed by atoms with Gasteiger partial charge in [0, 0.05) is 49.8 Å². The van der Waals surface area contributed by atoms with Gasteiger partial charge in [-0.05, 0) is 61.9 Å². The van der Waals surface area contributed by atoms with Gasteiger partial charge in [-0.2, -0.15) is 5.10 Å². The Kier molecular flexibility index (Phi) is 7.32. The predicted octanol–water partition coefficient (Wildman–Crippen LogP) is 3.65. The summed E-state index contributed by atoms with van der Waals surface area (Å²) in [5, 5.41) is 8.50. The zero-order valence-corrected chi connectivity index (χ0v) is 19.1. The number of carbonyl (C=O) groups excluding carboxylic acids is 1. The van der Waals surface area contributed by atoms with Crippen molar-refractivity contribution in [1.82, 2.24) is 25.0 Å². The molecule has 1 unspecified atom stereocenters. The van der Waals surface area contributed by atoms with Crippen molar-refractivity contribution in [3.05, 3.63) is 82.9 Å². The standard InChI is InChI=1S/C26H33N5O/c1-3-17-31-24-10-9-22(28-16-13-20-11-14-27-15-12-20)18-23(24)25(29-31)26(32)30(2)19-21-7-5-4-6-8-21/h4-8,11-12,14-15,22,28H,3,9-10,13,16-19H2,1-2H3. The van der Waals surface area contributed by atoms with Crippen molar-refractivity contribution in [2.45, 2.75) is 58.2 Å². The molecule has 6 heteroatoms. The van der Waals surface area contributed by atoms with E-state index in [0.29, 0.717) is 18.3 Å². The predicted molar refractivity (Wildman–Crippen MR) is 127 cm³/mol. The number of rotatable bonds is 9. The molecule has 3 aromatic rings. The van der Waals surface area contributed by atoms with E-state index < -0.39 is 0 Å². The van der Waals surface area contributed by atoms with Crippen LogP contribution in [0.2, 0.25) is 0 Å². The largest absolute Gasteiger partial charge is 0.336 e. The van der Waals surface area contributed by atoms with Crippen molar-refractivity contribution in [1.29, 1.82) is 0 Å². The average Bonchev–Trinajstić information content (AvgIpc) is 3.18. The molecule has 0 spiro atoms. The van der Waals surface area contributed by atoms with E-state index in [9.17, 15) is 4.79 Å². The molecule has 2 heterocycles. The third kappa shape index (κ3) is 5.25. The number of benzene rings is 1. The van der Waals surface area contributed by atoms with E-state index in [1.54, 1.807) is 4.90 Å². The molecule has 0 fully saturated rings. The van der Waals surface area contributed by atoms with Crippen LogP contribution in [-0.4, -0.2) is 45.2 Å². The van der Waals surface area contributed by atoms with Gasteiger partial charge in [-0.3, -0.25) is 14.5 Å². The quantitative estimate of drug-likeness (QED) is 0.562. The lowest BCUT2D eigenvalue weighted by Gasteiger charge is -2.25. The maximum absolute atomic E-state index is 13.4. The number of amides is 1. The van der Waals surface area contributed by atoms with E-state index in [4.69, 9.17) is 5.10 Å². The number of nitrogens with zero attached hydrogens (tertiary/aromatic N) is 4. The summed E-state index contributed by atoms with van der Waals surface area (Å²) in [6.07, 6.45) is 8.57. The molecular formula is C26H33N5O. The third-order valence-electron chi connectivity index (χ3n) is 6.19. The van der Waals surface area contributed by atoms with Gasteiger partial charge in [-0.1, -0.05) is 37.3 Å². The van der Waals surface area contributed by atoms with Crippen LogP contribution < -0.4 is 5.32 Å². The number of nitrogens with one attached hydrogen (secondary N) is 1. The van der Waals surface area contributed by atoms with Crippen LogP contribution in [0.15, 0.2) is 54.9 Å². The van der Waals surface area contributed by atoms with Crippen LogP contribution in [0.5, 0.6) is 0 Å². The molecule has 168 valence electrons. The van der Waals surface area contributed by atoms with Gasteiger partial charge in [-0.15, -0.1) is 0 Å². The highest BCUT2D eigenvalue weighted by Gasteiger charge is 2.30. The highest BCUT2D eigenvalue weighted by atomic mass is 16.2. The lowest BCUT2D eigenvalue weighted by molar-refractivity contribution is 0.0777. The summed E-state index contributed by atoms with van der Waals surface area (Å²) < 4.78 is 2.08. The minimum Gasteiger partial charge on any atom is -0.336 e. The zero-order chi connectivity index (χ0) is 22.3. The van der Waals surface area contributed by atoms with Gasteiger partial charge in [0.1, 0.15) is 0 Å². The molecule has 0 radical (unpaired) electrons. The monoisotopic (exact) mass is 431 g/mol. The summed E-state index contributed by atoms with van der Waals surface area (Å²) in [7, 11) is 1.87. The second-order valence-electron chi connectivity index (χ2n) is 8.64. The van der Waals surface area contributed by atoms with Crippen LogP contribution in [0.1, 0.15) is 52.6 Å². The maximum Gasteiger partial charge on any atom is 0.274 e. The van der Waals surface area contributed by atoms with Crippen LogP contribution in [0.25, 0.3) is 0 Å². The highest BCUT2D eigenvalue weighted by Crippen LogP contribution is 2.26. The summed E-state index contributed by atoms with van der Waals surface area (Å²) in [5.41, 5.74) is 5.43. The summed E-state index contributed by atoms with van der Waals surface area (Å²) >= 11 is 0. The zero-order valence-electron chi connectivity index (χ0n) is 19.1. The first-order valence-electron chi connectivity index (χ1n) is 11.7. The Hall–Kier alpha value is -2.99. The van der Waals surface area contributed by atoms with Gasteiger partial charge in [0.05, 0.1) is 0 Å². The number of pyridine rings is 1. The Balaban J connectivity index is 1.46. The van der Waals surface area contributed by atoms with Gasteiger partial charge in [0.15, 0.2) is 5.69 Å². The van der Waals surface area contributed by atoms with Crippen LogP contribution in [0, 0.1) is 0 Å². The fourth-order valence-corrected chi connectivity index (χ4v) is 4.51. The molecule has 1 atom stereocenters. The molecular weight excluding hydrogens is 398 g/mol. The molecule has 1 N–H and O–H groups in total. The van der Waals surface area contributed by atoms with Gasteiger partial charge >= 0.3 is 0 Å². The lowest BCUT2D eigenvalue weighted by atomic mass is 9.91. The van der Waals surface area contributed by atoms with Crippen LogP contribution in [0.4, 0.5) is 0 Å². The van der Waals surface area contributed by atoms with Gasteiger partial charge in [0.25, 0.3) is 5.91 Å². The molecule has 0 bridgehead atoms. The number of hydrogen-bond acceptors (Lipinski definition) is 4. The second-order valence-corrected chi connectivity index (χ2v) is 8.64. The van der Waals surface area contributed by atoms with Crippen molar-refractivity contribution in [2.75, 3.05) is 13.6 Å². The van der Waals surface area contributed by atoms with Crippen molar-refractivity contribution in [2.24, 2.45) is 0 Å². The van der Waals surface area contributed by atoms with Crippen molar-refractivity contribution < 1.29 is 4.79 Å². The van der Waals surface area contributed by atoms with E-state index in [2.05, 4.69) is 46.2 Å². The third-order valence-corrected chi connectivity index (χ3v) is 6.19. The number of fused-ring (bicyclic) bond motifs is 1. The van der Waals surface area contributed by atoms with E-state index in [1.165, 1.54) is 11.3 Å². The smallest absolute Gasteiger partial charge is 0.274 e. The number of aryl methyl sites for hydroxylation is 1. The van der Waals surface area contributed by atoms with Crippen molar-refractivity contribution >= 4 is 5.91 Å². The van der Waals surface area contributed by atoms with Crippen LogP contribution in [-0.2, 0) is 32.4 Å². The molecule has 0 saturated heterocycles. The minimum atomic E-state index is 0.0115. The van der Waals surface area contributed by atoms with Gasteiger partial charge < -0.3 is 10.2 Å². The molecule has 0 aliphatic heterocycles. The second kappa shape index (κ2) is 10.6. The number of aromatic nitrogens is 3. The number of hydrogen-bond donors (Lipinski definition) is 1. The first-order valence-corrected chi connectivity index (χ1v) is 11.7. The van der Waals surface area contributed by atoms with E-state index >= 15 is 0 Å². The Morgan fingerprint density at radius 1 is 1.16 bits per heavy atom. The van der Waals surface area contributed by atoms with E-state index in [1.807, 2.05) is 37.6 Å². The molecule has 4 rings (SSSR count). The fourth-order valence-electron chi connectivity index (χ4n) is 4.51. The maximum atomic E-state index is 13.4. The SMILES string of the molecule is CCCn1nc(C(=O)N(C)Cc2ccccc2)c2c1CCC(NCCc1ccncc1)C2. The Bertz CT molecular complexity index is 1020. The van der Waals surface area contributed by atoms with Crippen LogP contribution >= 0.6 is 0 Å². The van der Waals surface area contributed by atoms with Gasteiger partial charge in [0.2, 0.25) is 0 Å². The van der Waals surface area contributed by atoms with Crippen molar-refractivity contribution in [3.63, 3.8) is 0 Å². The van der Waals surface area contributed by atoms with Crippen molar-refractivity contribution in [3.8, 4) is 0 Å². The fraction of sp³-hybridized carbons (Fsp3) is 0.423. The highest BCUT2D eigenvalue weighted by molar-refractivity contribution is 5.94. The Morgan fingerprint density at radius 2 is 1.94 bits per heavy atom. The van der Waals surface area contributed by atoms with Crippen LogP contribution in [0.3, 0.4) is 0 Å². The molecule has 2 aromatic heterocycles. The van der Waals surface area contributed by atoms with E-state index in [-0.39, 0.29) is 5.91 Å². The van der Waals surface area contributed by atoms with Gasteiger partial charge in [-0.25, -0.2) is 0 Å². The molecule has 1 aliphatic rings. The molecule has 1 amide bonds. The normalized spacial score (nSPS) is 15.4. The molecule has 0 saturated carbocycles. The topological polar surface area (TPSA) is 63.1 Å².